The summed E-state index contributed by atoms with van der Waals surface area (Å²) in [4.78, 5) is 11.8. The van der Waals surface area contributed by atoms with Crippen molar-refractivity contribution in [3.63, 3.8) is 0 Å². The third-order valence-corrected chi connectivity index (χ3v) is 3.33. The number of phenolic OH excluding ortho intramolecular Hbond substituents is 1. The molecule has 0 aliphatic carbocycles. The standard InChI is InChI=1S/C18H20N2O4/c1-12-7-8-15(13(2)9-12)24-11-17(21)20-19-10-14-5-4-6-16(23-3)18(14)22/h4-10,22H,11H2,1-3H3,(H,20,21). The molecular weight excluding hydrogens is 308 g/mol. The highest BCUT2D eigenvalue weighted by Gasteiger charge is 2.06. The number of aryl methyl sites for hydroxylation is 2. The van der Waals surface area contributed by atoms with E-state index in [1.165, 1.54) is 13.3 Å². The maximum Gasteiger partial charge on any atom is 0.277 e. The topological polar surface area (TPSA) is 80.2 Å². The minimum atomic E-state index is -0.395. The number of aromatic hydroxyl groups is 1. The minimum absolute atomic E-state index is 0.0375. The molecule has 2 aromatic rings. The second-order valence-corrected chi connectivity index (χ2v) is 5.25. The first kappa shape index (κ1) is 17.3. The van der Waals surface area contributed by atoms with Gasteiger partial charge in [-0.2, -0.15) is 5.10 Å². The van der Waals surface area contributed by atoms with Crippen molar-refractivity contribution in [2.45, 2.75) is 13.8 Å². The largest absolute Gasteiger partial charge is 0.504 e. The van der Waals surface area contributed by atoms with E-state index in [0.717, 1.165) is 11.1 Å². The molecule has 1 amide bonds. The molecule has 0 radical (unpaired) electrons. The minimum Gasteiger partial charge on any atom is -0.504 e. The molecule has 0 spiro atoms. The number of nitrogens with zero attached hydrogens (tertiary/aromatic N) is 1. The van der Waals surface area contributed by atoms with Gasteiger partial charge in [0.25, 0.3) is 5.91 Å². The molecule has 6 nitrogen and oxygen atoms in total. The molecule has 0 atom stereocenters. The van der Waals surface area contributed by atoms with Crippen LogP contribution < -0.4 is 14.9 Å². The van der Waals surface area contributed by atoms with Gasteiger partial charge in [0.2, 0.25) is 0 Å². The van der Waals surface area contributed by atoms with Crippen LogP contribution in [0.3, 0.4) is 0 Å². The van der Waals surface area contributed by atoms with Crippen molar-refractivity contribution >= 4 is 12.1 Å². The van der Waals surface area contributed by atoms with E-state index in [0.29, 0.717) is 17.1 Å². The lowest BCUT2D eigenvalue weighted by Crippen LogP contribution is -2.24. The average molecular weight is 328 g/mol. The molecule has 0 bridgehead atoms. The normalized spacial score (nSPS) is 10.6. The number of hydrogen-bond donors (Lipinski definition) is 2. The SMILES string of the molecule is COc1cccc(C=NNC(=O)COc2ccc(C)cc2C)c1O. The van der Waals surface area contributed by atoms with E-state index < -0.39 is 5.91 Å². The fraction of sp³-hybridized carbons (Fsp3) is 0.222. The smallest absolute Gasteiger partial charge is 0.277 e. The lowest BCUT2D eigenvalue weighted by atomic mass is 10.1. The number of nitrogens with one attached hydrogen (secondary N) is 1. The van der Waals surface area contributed by atoms with Crippen LogP contribution in [0.25, 0.3) is 0 Å². The second kappa shape index (κ2) is 8.01. The van der Waals surface area contributed by atoms with Gasteiger partial charge in [0, 0.05) is 5.56 Å². The maximum atomic E-state index is 11.8. The second-order valence-electron chi connectivity index (χ2n) is 5.25. The van der Waals surface area contributed by atoms with Crippen molar-refractivity contribution in [3.05, 3.63) is 53.1 Å². The lowest BCUT2D eigenvalue weighted by Gasteiger charge is -2.08. The zero-order chi connectivity index (χ0) is 17.5. The number of benzene rings is 2. The van der Waals surface area contributed by atoms with E-state index in [4.69, 9.17) is 9.47 Å². The Kier molecular flexibility index (Phi) is 5.78. The summed E-state index contributed by atoms with van der Waals surface area (Å²) in [5.41, 5.74) is 4.88. The van der Waals surface area contributed by atoms with Gasteiger partial charge in [-0.3, -0.25) is 4.79 Å². The van der Waals surface area contributed by atoms with Crippen LogP contribution in [0.2, 0.25) is 0 Å². The molecule has 0 saturated carbocycles. The van der Waals surface area contributed by atoms with Gasteiger partial charge in [0.15, 0.2) is 18.1 Å². The summed E-state index contributed by atoms with van der Waals surface area (Å²) >= 11 is 0. The Morgan fingerprint density at radius 1 is 1.25 bits per heavy atom. The third kappa shape index (κ3) is 4.49. The Bertz CT molecular complexity index is 757. The molecule has 0 saturated heterocycles. The number of hydrazone groups is 1. The first-order valence-corrected chi connectivity index (χ1v) is 7.39. The fourth-order valence-electron chi connectivity index (χ4n) is 2.12. The zero-order valence-electron chi connectivity index (χ0n) is 13.9. The predicted octanol–water partition coefficient (Wildman–Crippen LogP) is 2.55. The van der Waals surface area contributed by atoms with Crippen LogP contribution in [-0.2, 0) is 4.79 Å². The number of ether oxygens (including phenoxy) is 2. The van der Waals surface area contributed by atoms with Crippen LogP contribution in [0.5, 0.6) is 17.2 Å². The number of amides is 1. The van der Waals surface area contributed by atoms with Gasteiger partial charge in [0.05, 0.1) is 13.3 Å². The number of carbonyl (C=O) groups is 1. The fourth-order valence-corrected chi connectivity index (χ4v) is 2.12. The summed E-state index contributed by atoms with van der Waals surface area (Å²) in [6.45, 7) is 3.77. The van der Waals surface area contributed by atoms with Crippen LogP contribution >= 0.6 is 0 Å². The maximum absolute atomic E-state index is 11.8. The molecule has 0 aliphatic rings. The molecule has 0 heterocycles. The molecule has 2 N–H and O–H groups in total. The Morgan fingerprint density at radius 2 is 2.04 bits per heavy atom. The van der Waals surface area contributed by atoms with Gasteiger partial charge in [-0.05, 0) is 37.6 Å². The van der Waals surface area contributed by atoms with E-state index in [9.17, 15) is 9.90 Å². The average Bonchev–Trinajstić information content (AvgIpc) is 2.55. The number of para-hydroxylation sites is 1. The highest BCUT2D eigenvalue weighted by atomic mass is 16.5. The number of rotatable bonds is 6. The van der Waals surface area contributed by atoms with E-state index in [-0.39, 0.29) is 12.4 Å². The molecule has 0 fully saturated rings. The molecule has 2 aromatic carbocycles. The van der Waals surface area contributed by atoms with Crippen LogP contribution in [0.1, 0.15) is 16.7 Å². The van der Waals surface area contributed by atoms with Gasteiger partial charge in [0.1, 0.15) is 5.75 Å². The van der Waals surface area contributed by atoms with Gasteiger partial charge in [-0.1, -0.05) is 23.8 Å². The number of phenols is 1. The molecule has 6 heteroatoms. The van der Waals surface area contributed by atoms with Crippen molar-refractivity contribution in [2.75, 3.05) is 13.7 Å². The Hall–Kier alpha value is -3.02. The summed E-state index contributed by atoms with van der Waals surface area (Å²) in [5, 5.41) is 13.7. The molecule has 2 rings (SSSR count). The predicted molar refractivity (Wildman–Crippen MR) is 91.8 cm³/mol. The highest BCUT2D eigenvalue weighted by molar-refractivity contribution is 5.86. The summed E-state index contributed by atoms with van der Waals surface area (Å²) < 4.78 is 10.5. The Labute approximate surface area is 140 Å². The van der Waals surface area contributed by atoms with E-state index in [1.54, 1.807) is 18.2 Å². The van der Waals surface area contributed by atoms with Gasteiger partial charge < -0.3 is 14.6 Å². The van der Waals surface area contributed by atoms with Crippen LogP contribution in [0.4, 0.5) is 0 Å². The molecule has 126 valence electrons. The summed E-state index contributed by atoms with van der Waals surface area (Å²) in [7, 11) is 1.46. The summed E-state index contributed by atoms with van der Waals surface area (Å²) in [6, 6.07) is 10.7. The highest BCUT2D eigenvalue weighted by Crippen LogP contribution is 2.27. The first-order chi connectivity index (χ1) is 11.5. The van der Waals surface area contributed by atoms with Gasteiger partial charge >= 0.3 is 0 Å². The number of methoxy groups -OCH3 is 1. The van der Waals surface area contributed by atoms with Crippen molar-refractivity contribution < 1.29 is 19.4 Å². The molecule has 0 unspecified atom stereocenters. The molecular formula is C18H20N2O4. The van der Waals surface area contributed by atoms with Gasteiger partial charge in [-0.15, -0.1) is 0 Å². The third-order valence-electron chi connectivity index (χ3n) is 3.33. The molecule has 0 aliphatic heterocycles. The van der Waals surface area contributed by atoms with Crippen molar-refractivity contribution in [1.82, 2.24) is 5.43 Å². The van der Waals surface area contributed by atoms with Crippen LogP contribution in [-0.4, -0.2) is 30.9 Å². The van der Waals surface area contributed by atoms with Crippen LogP contribution in [0.15, 0.2) is 41.5 Å². The monoisotopic (exact) mass is 328 g/mol. The zero-order valence-corrected chi connectivity index (χ0v) is 13.9. The summed E-state index contributed by atoms with van der Waals surface area (Å²) in [6.07, 6.45) is 1.34. The number of carbonyl (C=O) groups excluding carboxylic acids is 1. The van der Waals surface area contributed by atoms with Crippen molar-refractivity contribution in [1.29, 1.82) is 0 Å². The van der Waals surface area contributed by atoms with Gasteiger partial charge in [-0.25, -0.2) is 5.43 Å². The quantitative estimate of drug-likeness (QED) is 0.631. The van der Waals surface area contributed by atoms with E-state index in [2.05, 4.69) is 10.5 Å². The van der Waals surface area contributed by atoms with Crippen LogP contribution in [0, 0.1) is 13.8 Å². The Balaban J connectivity index is 1.89. The molecule has 24 heavy (non-hydrogen) atoms. The number of hydrogen-bond acceptors (Lipinski definition) is 5. The van der Waals surface area contributed by atoms with E-state index >= 15 is 0 Å². The van der Waals surface area contributed by atoms with Crippen molar-refractivity contribution in [2.24, 2.45) is 5.10 Å². The molecule has 0 aromatic heterocycles. The van der Waals surface area contributed by atoms with E-state index in [1.807, 2.05) is 32.0 Å². The summed E-state index contributed by atoms with van der Waals surface area (Å²) in [5.74, 6) is 0.562. The lowest BCUT2D eigenvalue weighted by molar-refractivity contribution is -0.123. The first-order valence-electron chi connectivity index (χ1n) is 7.39. The Morgan fingerprint density at radius 3 is 2.75 bits per heavy atom. The van der Waals surface area contributed by atoms with Crippen molar-refractivity contribution in [3.8, 4) is 17.2 Å².